The van der Waals surface area contributed by atoms with Gasteiger partial charge in [0, 0.05) is 23.6 Å². The van der Waals surface area contributed by atoms with Gasteiger partial charge in [-0.3, -0.25) is 14.4 Å². The van der Waals surface area contributed by atoms with Crippen LogP contribution in [0.5, 0.6) is 0 Å². The first-order valence-corrected chi connectivity index (χ1v) is 8.23. The highest BCUT2D eigenvalue weighted by Gasteiger charge is 2.12. The molecule has 27 heavy (non-hydrogen) atoms. The number of aromatic nitrogens is 4. The molecule has 134 valence electrons. The van der Waals surface area contributed by atoms with Gasteiger partial charge in [0.05, 0.1) is 17.6 Å². The van der Waals surface area contributed by atoms with Crippen molar-refractivity contribution < 1.29 is 10.0 Å². The predicted molar refractivity (Wildman–Crippen MR) is 99.9 cm³/mol. The van der Waals surface area contributed by atoms with Gasteiger partial charge in [-0.2, -0.15) is 0 Å². The second kappa shape index (κ2) is 6.85. The van der Waals surface area contributed by atoms with E-state index in [1.807, 2.05) is 35.7 Å². The zero-order chi connectivity index (χ0) is 18.8. The Morgan fingerprint density at radius 3 is 2.85 bits per heavy atom. The first-order valence-electron chi connectivity index (χ1n) is 8.23. The third kappa shape index (κ3) is 3.21. The Balaban J connectivity index is 1.70. The maximum Gasteiger partial charge on any atom is 0.274 e. The minimum Gasteiger partial charge on any atom is -0.324 e. The van der Waals surface area contributed by atoms with Gasteiger partial charge in [-0.15, -0.1) is 0 Å². The maximum absolute atomic E-state index is 11.6. The molecular formula is C19H16N6O2. The molecule has 0 spiro atoms. The molecule has 4 rings (SSSR count). The van der Waals surface area contributed by atoms with Gasteiger partial charge in [0.1, 0.15) is 5.65 Å². The Bertz CT molecular complexity index is 1140. The molecule has 3 N–H and O–H groups in total. The number of imidazole rings is 1. The molecule has 8 heteroatoms. The molecule has 0 aliphatic carbocycles. The summed E-state index contributed by atoms with van der Waals surface area (Å²) in [6, 6.07) is 12.5. The fourth-order valence-corrected chi connectivity index (χ4v) is 2.80. The number of amides is 1. The molecule has 0 fully saturated rings. The summed E-state index contributed by atoms with van der Waals surface area (Å²) in [5.41, 5.74) is 5.94. The molecule has 3 aromatic heterocycles. The second-order valence-corrected chi connectivity index (χ2v) is 5.94. The summed E-state index contributed by atoms with van der Waals surface area (Å²) in [5, 5.41) is 11.9. The van der Waals surface area contributed by atoms with Crippen molar-refractivity contribution in [2.75, 3.05) is 5.32 Å². The molecule has 0 aliphatic rings. The molecule has 0 saturated heterocycles. The zero-order valence-corrected chi connectivity index (χ0v) is 14.4. The van der Waals surface area contributed by atoms with Gasteiger partial charge in [-0.05, 0) is 42.8 Å². The van der Waals surface area contributed by atoms with Crippen molar-refractivity contribution in [3.05, 3.63) is 72.2 Å². The number of benzene rings is 1. The number of nitrogens with zero attached hydrogens (tertiary/aromatic N) is 4. The number of hydrogen-bond donors (Lipinski definition) is 3. The highest BCUT2D eigenvalue weighted by atomic mass is 16.5. The van der Waals surface area contributed by atoms with Gasteiger partial charge >= 0.3 is 0 Å². The monoisotopic (exact) mass is 360 g/mol. The van der Waals surface area contributed by atoms with E-state index < -0.39 is 5.91 Å². The number of pyridine rings is 1. The summed E-state index contributed by atoms with van der Waals surface area (Å²) < 4.78 is 1.96. The van der Waals surface area contributed by atoms with Crippen LogP contribution in [0.2, 0.25) is 0 Å². The van der Waals surface area contributed by atoms with E-state index in [4.69, 9.17) is 5.21 Å². The summed E-state index contributed by atoms with van der Waals surface area (Å²) in [4.78, 5) is 24.9. The summed E-state index contributed by atoms with van der Waals surface area (Å²) in [6.45, 7) is 1.94. The average molecular weight is 360 g/mol. The fourth-order valence-electron chi connectivity index (χ4n) is 2.80. The largest absolute Gasteiger partial charge is 0.324 e. The molecule has 1 aromatic carbocycles. The van der Waals surface area contributed by atoms with E-state index >= 15 is 0 Å². The van der Waals surface area contributed by atoms with Crippen molar-refractivity contribution in [2.24, 2.45) is 0 Å². The number of carbonyl (C=O) groups is 1. The summed E-state index contributed by atoms with van der Waals surface area (Å²) in [5.74, 6) is -0.196. The van der Waals surface area contributed by atoms with Crippen LogP contribution < -0.4 is 10.8 Å². The Morgan fingerprint density at radius 1 is 1.11 bits per heavy atom. The Labute approximate surface area is 154 Å². The van der Waals surface area contributed by atoms with E-state index in [9.17, 15) is 4.79 Å². The number of anilines is 2. The van der Waals surface area contributed by atoms with E-state index in [0.717, 1.165) is 22.6 Å². The molecule has 0 atom stereocenters. The van der Waals surface area contributed by atoms with Gasteiger partial charge in [-0.25, -0.2) is 20.4 Å². The highest BCUT2D eigenvalue weighted by molar-refractivity contribution is 5.94. The molecule has 3 heterocycles. The normalized spacial score (nSPS) is 10.7. The lowest BCUT2D eigenvalue weighted by molar-refractivity contribution is 0.0706. The first-order chi connectivity index (χ1) is 13.2. The number of nitrogens with one attached hydrogen (secondary N) is 2. The molecule has 0 radical (unpaired) electrons. The van der Waals surface area contributed by atoms with E-state index in [1.165, 1.54) is 0 Å². The van der Waals surface area contributed by atoms with Gasteiger partial charge in [0.2, 0.25) is 5.95 Å². The van der Waals surface area contributed by atoms with Gasteiger partial charge in [0.15, 0.2) is 0 Å². The number of fused-ring (bicyclic) bond motifs is 1. The van der Waals surface area contributed by atoms with Crippen LogP contribution in [0.15, 0.2) is 61.1 Å². The average Bonchev–Trinajstić information content (AvgIpc) is 3.13. The van der Waals surface area contributed by atoms with Crippen LogP contribution in [0.4, 0.5) is 11.6 Å². The first kappa shape index (κ1) is 16.7. The van der Waals surface area contributed by atoms with Crippen LogP contribution in [0.3, 0.4) is 0 Å². The minimum absolute atomic E-state index is 0.316. The lowest BCUT2D eigenvalue weighted by Gasteiger charge is -2.10. The Hall–Kier alpha value is -3.78. The van der Waals surface area contributed by atoms with Crippen LogP contribution >= 0.6 is 0 Å². The fraction of sp³-hybridized carbons (Fsp3) is 0.0526. The predicted octanol–water partition coefficient (Wildman–Crippen LogP) is 2.96. The van der Waals surface area contributed by atoms with Gasteiger partial charge in [-0.1, -0.05) is 12.1 Å². The van der Waals surface area contributed by atoms with Crippen molar-refractivity contribution in [2.45, 2.75) is 6.92 Å². The molecule has 0 unspecified atom stereocenters. The molecule has 4 aromatic rings. The lowest BCUT2D eigenvalue weighted by Crippen LogP contribution is -2.18. The van der Waals surface area contributed by atoms with Crippen LogP contribution in [0.1, 0.15) is 15.9 Å². The number of hydroxylamine groups is 1. The number of rotatable bonds is 4. The van der Waals surface area contributed by atoms with Crippen LogP contribution in [0.25, 0.3) is 17.0 Å². The zero-order valence-electron chi connectivity index (χ0n) is 14.4. The van der Waals surface area contributed by atoms with Gasteiger partial charge < -0.3 is 5.32 Å². The lowest BCUT2D eigenvalue weighted by atomic mass is 10.2. The summed E-state index contributed by atoms with van der Waals surface area (Å²) >= 11 is 0. The van der Waals surface area contributed by atoms with E-state index in [-0.39, 0.29) is 0 Å². The smallest absolute Gasteiger partial charge is 0.274 e. The van der Waals surface area contributed by atoms with Crippen LogP contribution in [-0.4, -0.2) is 30.5 Å². The molecule has 0 bridgehead atoms. The van der Waals surface area contributed by atoms with E-state index in [0.29, 0.717) is 17.2 Å². The maximum atomic E-state index is 11.6. The van der Waals surface area contributed by atoms with Crippen molar-refractivity contribution in [1.82, 2.24) is 24.8 Å². The topological polar surface area (TPSA) is 104 Å². The highest BCUT2D eigenvalue weighted by Crippen LogP contribution is 2.24. The van der Waals surface area contributed by atoms with Crippen molar-refractivity contribution in [3.63, 3.8) is 0 Å². The third-order valence-corrected chi connectivity index (χ3v) is 4.11. The Kier molecular flexibility index (Phi) is 4.23. The molecule has 1 amide bonds. The molecule has 0 aliphatic heterocycles. The SMILES string of the molecule is Cc1cnc(Nc2cccc(C(=O)NO)c2)nc1-c1cnc2ccccn12. The number of aryl methyl sites for hydroxylation is 1. The molecule has 8 nitrogen and oxygen atoms in total. The van der Waals surface area contributed by atoms with Crippen LogP contribution in [-0.2, 0) is 0 Å². The second-order valence-electron chi connectivity index (χ2n) is 5.94. The standard InChI is InChI=1S/C19H16N6O2/c1-12-10-21-19(22-14-6-4-5-13(9-14)18(26)24-27)23-17(12)15-11-20-16-7-2-3-8-25(15)16/h2-11,27H,1H3,(H,24,26)(H,21,22,23). The van der Waals surface area contributed by atoms with Crippen molar-refractivity contribution in [1.29, 1.82) is 0 Å². The molecular weight excluding hydrogens is 344 g/mol. The quantitative estimate of drug-likeness (QED) is 0.382. The van der Waals surface area contributed by atoms with E-state index in [1.54, 1.807) is 42.1 Å². The van der Waals surface area contributed by atoms with Crippen LogP contribution in [0, 0.1) is 6.92 Å². The van der Waals surface area contributed by atoms with Gasteiger partial charge in [0.25, 0.3) is 5.91 Å². The number of carbonyl (C=O) groups excluding carboxylic acids is 1. The van der Waals surface area contributed by atoms with Crippen molar-refractivity contribution >= 4 is 23.2 Å². The third-order valence-electron chi connectivity index (χ3n) is 4.11. The Morgan fingerprint density at radius 2 is 2.00 bits per heavy atom. The summed E-state index contributed by atoms with van der Waals surface area (Å²) in [6.07, 6.45) is 5.45. The van der Waals surface area contributed by atoms with Crippen molar-refractivity contribution in [3.8, 4) is 11.4 Å². The minimum atomic E-state index is -0.588. The van der Waals surface area contributed by atoms with E-state index in [2.05, 4.69) is 20.3 Å². The molecule has 0 saturated carbocycles. The summed E-state index contributed by atoms with van der Waals surface area (Å²) in [7, 11) is 0. The number of hydrogen-bond acceptors (Lipinski definition) is 6.